The lowest BCUT2D eigenvalue weighted by Gasteiger charge is -2.34. The van der Waals surface area contributed by atoms with E-state index < -0.39 is 5.97 Å². The Morgan fingerprint density at radius 2 is 1.88 bits per heavy atom. The minimum atomic E-state index is -0.972. The van der Waals surface area contributed by atoms with Gasteiger partial charge in [0, 0.05) is 38.6 Å². The maximum Gasteiger partial charge on any atom is 0.335 e. The van der Waals surface area contributed by atoms with E-state index in [0.29, 0.717) is 17.3 Å². The molecule has 24 heavy (non-hydrogen) atoms. The molecule has 0 unspecified atom stereocenters. The third-order valence-corrected chi connectivity index (χ3v) is 4.11. The van der Waals surface area contributed by atoms with Gasteiger partial charge in [0.1, 0.15) is 0 Å². The van der Waals surface area contributed by atoms with E-state index in [-0.39, 0.29) is 5.56 Å². The molecule has 126 valence electrons. The number of pyridine rings is 1. The Morgan fingerprint density at radius 1 is 1.12 bits per heavy atom. The van der Waals surface area contributed by atoms with Gasteiger partial charge >= 0.3 is 5.97 Å². The highest BCUT2D eigenvalue weighted by molar-refractivity contribution is 5.88. The average Bonchev–Trinajstić information content (AvgIpc) is 2.63. The van der Waals surface area contributed by atoms with Crippen LogP contribution in [0.3, 0.4) is 0 Å². The quantitative estimate of drug-likeness (QED) is 0.896. The van der Waals surface area contributed by atoms with Crippen molar-refractivity contribution in [2.24, 2.45) is 0 Å². The topological polar surface area (TPSA) is 82.5 Å². The minimum absolute atomic E-state index is 0.202. The van der Waals surface area contributed by atoms with E-state index >= 15 is 0 Å². The number of rotatable bonds is 5. The predicted molar refractivity (Wildman–Crippen MR) is 91.2 cm³/mol. The number of carboxylic acid groups (broad SMARTS) is 1. The Kier molecular flexibility index (Phi) is 5.00. The zero-order chi connectivity index (χ0) is 16.9. The number of aromatic nitrogens is 3. The lowest BCUT2D eigenvalue weighted by molar-refractivity contribution is 0.0697. The van der Waals surface area contributed by atoms with Crippen molar-refractivity contribution in [3.63, 3.8) is 0 Å². The molecule has 1 N–H and O–H groups in total. The first kappa shape index (κ1) is 16.3. The first-order chi connectivity index (χ1) is 11.7. The molecule has 7 heteroatoms. The molecule has 0 radical (unpaired) electrons. The lowest BCUT2D eigenvalue weighted by atomic mass is 10.2. The van der Waals surface area contributed by atoms with Gasteiger partial charge < -0.3 is 10.0 Å². The summed E-state index contributed by atoms with van der Waals surface area (Å²) in [5.74, 6) is -0.300. The van der Waals surface area contributed by atoms with E-state index in [1.165, 1.54) is 18.3 Å². The molecule has 0 atom stereocenters. The number of hydrogen-bond acceptors (Lipinski definition) is 6. The number of carboxylic acids is 1. The van der Waals surface area contributed by atoms with Gasteiger partial charge in [0.15, 0.2) is 0 Å². The van der Waals surface area contributed by atoms with Crippen LogP contribution in [0.1, 0.15) is 23.7 Å². The average molecular weight is 327 g/mol. The summed E-state index contributed by atoms with van der Waals surface area (Å²) in [5, 5.41) is 9.11. The van der Waals surface area contributed by atoms with Crippen molar-refractivity contribution in [3.8, 4) is 11.4 Å². The molecule has 1 fully saturated rings. The molecule has 7 nitrogen and oxygen atoms in total. The van der Waals surface area contributed by atoms with Crippen molar-refractivity contribution in [3.05, 3.63) is 36.2 Å². The van der Waals surface area contributed by atoms with Crippen molar-refractivity contribution in [1.29, 1.82) is 0 Å². The Bertz CT molecular complexity index is 714. The minimum Gasteiger partial charge on any atom is -0.478 e. The monoisotopic (exact) mass is 327 g/mol. The van der Waals surface area contributed by atoms with Gasteiger partial charge in [-0.1, -0.05) is 6.92 Å². The number of nitrogens with zero attached hydrogens (tertiary/aromatic N) is 5. The highest BCUT2D eigenvalue weighted by Gasteiger charge is 2.19. The van der Waals surface area contributed by atoms with Crippen LogP contribution in [-0.4, -0.2) is 63.7 Å². The summed E-state index contributed by atoms with van der Waals surface area (Å²) in [7, 11) is 0. The van der Waals surface area contributed by atoms with Gasteiger partial charge in [-0.25, -0.2) is 14.8 Å². The van der Waals surface area contributed by atoms with Crippen molar-refractivity contribution in [2.75, 3.05) is 37.6 Å². The predicted octanol–water partition coefficient (Wildman–Crippen LogP) is 1.77. The fourth-order valence-electron chi connectivity index (χ4n) is 2.83. The van der Waals surface area contributed by atoms with Gasteiger partial charge in [-0.3, -0.25) is 9.88 Å². The number of piperazine rings is 1. The fourth-order valence-corrected chi connectivity index (χ4v) is 2.83. The van der Waals surface area contributed by atoms with Crippen molar-refractivity contribution in [2.45, 2.75) is 13.3 Å². The standard InChI is InChI=1S/C17H21N5O2/c1-2-7-21-8-10-22(11-9-21)17-19-6-4-14(20-17)15-12-13(16(23)24)3-5-18-15/h3-6,12H,2,7-11H2,1H3,(H,23,24). The zero-order valence-electron chi connectivity index (χ0n) is 13.7. The van der Waals surface area contributed by atoms with Crippen LogP contribution in [0.25, 0.3) is 11.4 Å². The third-order valence-electron chi connectivity index (χ3n) is 4.11. The van der Waals surface area contributed by atoms with Crippen molar-refractivity contribution < 1.29 is 9.90 Å². The van der Waals surface area contributed by atoms with Crippen LogP contribution < -0.4 is 4.90 Å². The Hall–Kier alpha value is -2.54. The molecule has 0 amide bonds. The molecule has 0 spiro atoms. The summed E-state index contributed by atoms with van der Waals surface area (Å²) in [6, 6.07) is 4.76. The smallest absolute Gasteiger partial charge is 0.335 e. The van der Waals surface area contributed by atoms with Crippen LogP contribution in [0.15, 0.2) is 30.6 Å². The maximum absolute atomic E-state index is 11.1. The molecule has 1 saturated heterocycles. The highest BCUT2D eigenvalue weighted by atomic mass is 16.4. The van der Waals surface area contributed by atoms with Gasteiger partial charge in [0.25, 0.3) is 0 Å². The number of aromatic carboxylic acids is 1. The Labute approximate surface area is 141 Å². The molecule has 0 aliphatic carbocycles. The van der Waals surface area contributed by atoms with Crippen LogP contribution >= 0.6 is 0 Å². The molecule has 2 aromatic heterocycles. The van der Waals surface area contributed by atoms with Crippen LogP contribution in [0, 0.1) is 0 Å². The van der Waals surface area contributed by atoms with Crippen LogP contribution in [-0.2, 0) is 0 Å². The second kappa shape index (κ2) is 7.35. The molecule has 3 heterocycles. The maximum atomic E-state index is 11.1. The third kappa shape index (κ3) is 3.68. The molecular formula is C17H21N5O2. The largest absolute Gasteiger partial charge is 0.478 e. The molecule has 2 aromatic rings. The number of carbonyl (C=O) groups is 1. The summed E-state index contributed by atoms with van der Waals surface area (Å²) in [6.07, 6.45) is 4.35. The second-order valence-corrected chi connectivity index (χ2v) is 5.81. The van der Waals surface area contributed by atoms with Gasteiger partial charge in [0.2, 0.25) is 5.95 Å². The molecular weight excluding hydrogens is 306 g/mol. The molecule has 0 bridgehead atoms. The second-order valence-electron chi connectivity index (χ2n) is 5.81. The molecule has 0 aromatic carbocycles. The van der Waals surface area contributed by atoms with E-state index in [1.54, 1.807) is 12.3 Å². The van der Waals surface area contributed by atoms with Crippen LogP contribution in [0.2, 0.25) is 0 Å². The normalized spacial score (nSPS) is 15.5. The van der Waals surface area contributed by atoms with Crippen molar-refractivity contribution >= 4 is 11.9 Å². The fraction of sp³-hybridized carbons (Fsp3) is 0.412. The Morgan fingerprint density at radius 3 is 2.58 bits per heavy atom. The number of anilines is 1. The summed E-state index contributed by atoms with van der Waals surface area (Å²) in [6.45, 7) is 7.12. The zero-order valence-corrected chi connectivity index (χ0v) is 13.7. The van der Waals surface area contributed by atoms with E-state index in [4.69, 9.17) is 5.11 Å². The first-order valence-corrected chi connectivity index (χ1v) is 8.17. The molecule has 1 aliphatic rings. The SMILES string of the molecule is CCCN1CCN(c2nccc(-c3cc(C(=O)O)ccn3)n2)CC1. The molecule has 3 rings (SSSR count). The van der Waals surface area contributed by atoms with Gasteiger partial charge in [0.05, 0.1) is 17.0 Å². The molecule has 1 aliphatic heterocycles. The summed E-state index contributed by atoms with van der Waals surface area (Å²) < 4.78 is 0. The first-order valence-electron chi connectivity index (χ1n) is 8.17. The lowest BCUT2D eigenvalue weighted by Crippen LogP contribution is -2.47. The van der Waals surface area contributed by atoms with E-state index in [1.807, 2.05) is 0 Å². The van der Waals surface area contributed by atoms with Crippen LogP contribution in [0.5, 0.6) is 0 Å². The van der Waals surface area contributed by atoms with E-state index in [0.717, 1.165) is 39.1 Å². The van der Waals surface area contributed by atoms with Crippen LogP contribution in [0.4, 0.5) is 5.95 Å². The Balaban J connectivity index is 1.78. The van der Waals surface area contributed by atoms with E-state index in [9.17, 15) is 4.79 Å². The van der Waals surface area contributed by atoms with Gasteiger partial charge in [-0.15, -0.1) is 0 Å². The van der Waals surface area contributed by atoms with Gasteiger partial charge in [-0.05, 0) is 31.2 Å². The van der Waals surface area contributed by atoms with Crippen molar-refractivity contribution in [1.82, 2.24) is 19.9 Å². The molecule has 0 saturated carbocycles. The van der Waals surface area contributed by atoms with Gasteiger partial charge in [-0.2, -0.15) is 0 Å². The summed E-state index contributed by atoms with van der Waals surface area (Å²) in [4.78, 5) is 28.9. The van der Waals surface area contributed by atoms with E-state index in [2.05, 4.69) is 31.7 Å². The summed E-state index contributed by atoms with van der Waals surface area (Å²) >= 11 is 0. The summed E-state index contributed by atoms with van der Waals surface area (Å²) in [5.41, 5.74) is 1.38. The number of hydrogen-bond donors (Lipinski definition) is 1. The highest BCUT2D eigenvalue weighted by Crippen LogP contribution is 2.19.